The summed E-state index contributed by atoms with van der Waals surface area (Å²) in [5.74, 6) is -2.42. The molecule has 1 heterocycles. The Morgan fingerprint density at radius 3 is 2.04 bits per heavy atom. The molecule has 0 saturated carbocycles. The van der Waals surface area contributed by atoms with E-state index in [2.05, 4.69) is 0 Å². The summed E-state index contributed by atoms with van der Waals surface area (Å²) in [6, 6.07) is 13.0. The van der Waals surface area contributed by atoms with Gasteiger partial charge in [-0.1, -0.05) is 0 Å². The average Bonchev–Trinajstić information content (AvgIpc) is 3.13. The molecular formula is C18H10FNO6. The first kappa shape index (κ1) is 17.0. The number of hydrogen-bond donors (Lipinski definition) is 0. The molecule has 0 spiro atoms. The van der Waals surface area contributed by atoms with E-state index < -0.39 is 22.6 Å². The first-order valence-electron chi connectivity index (χ1n) is 7.31. The van der Waals surface area contributed by atoms with E-state index in [0.717, 1.165) is 12.1 Å². The fourth-order valence-corrected chi connectivity index (χ4v) is 2.14. The first-order valence-corrected chi connectivity index (χ1v) is 7.31. The lowest BCUT2D eigenvalue weighted by molar-refractivity contribution is -0.402. The SMILES string of the molecule is O=C(c1ccc(F)cc1)c1ccc(OC(=O)c2ccc([N+](=O)[O-])o2)cc1. The van der Waals surface area contributed by atoms with Crippen LogP contribution in [0.15, 0.2) is 65.1 Å². The van der Waals surface area contributed by atoms with E-state index in [9.17, 15) is 24.1 Å². The van der Waals surface area contributed by atoms with Gasteiger partial charge in [0, 0.05) is 11.1 Å². The Kier molecular flexibility index (Phi) is 4.57. The predicted octanol–water partition coefficient (Wildman–Crippen LogP) is 3.78. The lowest BCUT2D eigenvalue weighted by atomic mass is 10.0. The third kappa shape index (κ3) is 3.64. The Morgan fingerprint density at radius 2 is 1.50 bits per heavy atom. The third-order valence-corrected chi connectivity index (χ3v) is 3.41. The molecule has 3 aromatic rings. The van der Waals surface area contributed by atoms with Crippen molar-refractivity contribution >= 4 is 17.6 Å². The molecule has 0 fully saturated rings. The molecule has 7 nitrogen and oxygen atoms in total. The molecule has 0 bridgehead atoms. The number of benzene rings is 2. The van der Waals surface area contributed by atoms with Gasteiger partial charge in [0.15, 0.2) is 5.78 Å². The van der Waals surface area contributed by atoms with Crippen LogP contribution in [0, 0.1) is 15.9 Å². The molecule has 3 rings (SSSR count). The Labute approximate surface area is 145 Å². The fraction of sp³-hybridized carbons (Fsp3) is 0. The van der Waals surface area contributed by atoms with Gasteiger partial charge >= 0.3 is 11.9 Å². The summed E-state index contributed by atoms with van der Waals surface area (Å²) >= 11 is 0. The fourth-order valence-electron chi connectivity index (χ4n) is 2.14. The monoisotopic (exact) mass is 355 g/mol. The molecule has 130 valence electrons. The van der Waals surface area contributed by atoms with Crippen molar-refractivity contribution in [1.82, 2.24) is 0 Å². The lowest BCUT2D eigenvalue weighted by Gasteiger charge is -2.04. The van der Waals surface area contributed by atoms with Gasteiger partial charge in [-0.2, -0.15) is 0 Å². The highest BCUT2D eigenvalue weighted by Gasteiger charge is 2.19. The summed E-state index contributed by atoms with van der Waals surface area (Å²) in [6.07, 6.45) is 0. The largest absolute Gasteiger partial charge is 0.433 e. The van der Waals surface area contributed by atoms with Gasteiger partial charge in [0.2, 0.25) is 5.76 Å². The number of nitrogens with zero attached hydrogens (tertiary/aromatic N) is 1. The zero-order valence-corrected chi connectivity index (χ0v) is 13.0. The number of esters is 1. The van der Waals surface area contributed by atoms with Gasteiger partial charge in [-0.05, 0) is 54.6 Å². The molecule has 0 N–H and O–H groups in total. The van der Waals surface area contributed by atoms with E-state index in [4.69, 9.17) is 9.15 Å². The quantitative estimate of drug-likeness (QED) is 0.227. The van der Waals surface area contributed by atoms with Crippen molar-refractivity contribution < 1.29 is 28.1 Å². The van der Waals surface area contributed by atoms with Crippen LogP contribution in [0.3, 0.4) is 0 Å². The standard InChI is InChI=1S/C18H10FNO6/c19-13-5-1-11(2-6-13)17(21)12-3-7-14(8-4-12)25-18(22)15-9-10-16(26-15)20(23)24/h1-10H. The van der Waals surface area contributed by atoms with Crippen LogP contribution in [-0.4, -0.2) is 16.7 Å². The van der Waals surface area contributed by atoms with Gasteiger partial charge in [-0.3, -0.25) is 14.9 Å². The highest BCUT2D eigenvalue weighted by molar-refractivity contribution is 6.09. The Hall–Kier alpha value is -3.81. The van der Waals surface area contributed by atoms with Crippen LogP contribution in [0.4, 0.5) is 10.3 Å². The molecule has 1 aromatic heterocycles. The number of carbonyl (C=O) groups excluding carboxylic acids is 2. The zero-order valence-electron chi connectivity index (χ0n) is 13.0. The van der Waals surface area contributed by atoms with Crippen molar-refractivity contribution in [3.63, 3.8) is 0 Å². The van der Waals surface area contributed by atoms with Crippen molar-refractivity contribution in [3.05, 3.63) is 93.5 Å². The molecule has 0 aliphatic rings. The van der Waals surface area contributed by atoms with Crippen molar-refractivity contribution in [3.8, 4) is 5.75 Å². The van der Waals surface area contributed by atoms with Crippen LogP contribution < -0.4 is 4.74 Å². The molecule has 0 aliphatic carbocycles. The maximum absolute atomic E-state index is 12.9. The molecule has 0 radical (unpaired) electrons. The number of furan rings is 1. The highest BCUT2D eigenvalue weighted by Crippen LogP contribution is 2.20. The lowest BCUT2D eigenvalue weighted by Crippen LogP contribution is -2.07. The molecular weight excluding hydrogens is 345 g/mol. The topological polar surface area (TPSA) is 99.7 Å². The normalized spacial score (nSPS) is 10.3. The molecule has 0 aliphatic heterocycles. The first-order chi connectivity index (χ1) is 12.4. The molecule has 0 saturated heterocycles. The van der Waals surface area contributed by atoms with Gasteiger partial charge < -0.3 is 9.15 Å². The van der Waals surface area contributed by atoms with Crippen LogP contribution in [0.5, 0.6) is 5.75 Å². The summed E-state index contributed by atoms with van der Waals surface area (Å²) in [6.45, 7) is 0. The van der Waals surface area contributed by atoms with Crippen LogP contribution >= 0.6 is 0 Å². The van der Waals surface area contributed by atoms with Gasteiger partial charge in [0.05, 0.1) is 6.07 Å². The number of ether oxygens (including phenoxy) is 1. The summed E-state index contributed by atoms with van der Waals surface area (Å²) in [5.41, 5.74) is 0.643. The molecule has 0 unspecified atom stereocenters. The number of halogens is 1. The molecule has 8 heteroatoms. The minimum absolute atomic E-state index is 0.129. The molecule has 0 atom stereocenters. The third-order valence-electron chi connectivity index (χ3n) is 3.41. The average molecular weight is 355 g/mol. The Balaban J connectivity index is 1.70. The molecule has 0 amide bonds. The predicted molar refractivity (Wildman–Crippen MR) is 86.6 cm³/mol. The second kappa shape index (κ2) is 6.98. The minimum atomic E-state index is -0.907. The maximum Gasteiger partial charge on any atom is 0.433 e. The van der Waals surface area contributed by atoms with Crippen molar-refractivity contribution in [2.75, 3.05) is 0 Å². The number of nitro groups is 1. The van der Waals surface area contributed by atoms with Crippen LogP contribution in [0.25, 0.3) is 0 Å². The second-order valence-electron chi connectivity index (χ2n) is 5.14. The summed E-state index contributed by atoms with van der Waals surface area (Å²) in [4.78, 5) is 33.9. The van der Waals surface area contributed by atoms with Crippen molar-refractivity contribution in [2.45, 2.75) is 0 Å². The summed E-state index contributed by atoms with van der Waals surface area (Å²) < 4.78 is 22.7. The number of ketones is 1. The Morgan fingerprint density at radius 1 is 0.923 bits per heavy atom. The van der Waals surface area contributed by atoms with E-state index in [1.165, 1.54) is 48.5 Å². The summed E-state index contributed by atoms with van der Waals surface area (Å²) in [7, 11) is 0. The smallest absolute Gasteiger partial charge is 0.421 e. The number of hydrogen-bond acceptors (Lipinski definition) is 6. The number of carbonyl (C=O) groups is 2. The van der Waals surface area contributed by atoms with E-state index in [0.29, 0.717) is 11.1 Å². The van der Waals surface area contributed by atoms with Crippen LogP contribution in [0.2, 0.25) is 0 Å². The van der Waals surface area contributed by atoms with Crippen molar-refractivity contribution in [2.24, 2.45) is 0 Å². The van der Waals surface area contributed by atoms with Crippen LogP contribution in [0.1, 0.15) is 26.5 Å². The van der Waals surface area contributed by atoms with Gasteiger partial charge in [0.1, 0.15) is 16.5 Å². The van der Waals surface area contributed by atoms with E-state index >= 15 is 0 Å². The zero-order chi connectivity index (χ0) is 18.7. The number of rotatable bonds is 5. The minimum Gasteiger partial charge on any atom is -0.421 e. The van der Waals surface area contributed by atoms with Gasteiger partial charge in [-0.15, -0.1) is 0 Å². The van der Waals surface area contributed by atoms with E-state index in [1.54, 1.807) is 0 Å². The molecule has 2 aromatic carbocycles. The molecule has 26 heavy (non-hydrogen) atoms. The van der Waals surface area contributed by atoms with Gasteiger partial charge in [-0.25, -0.2) is 9.18 Å². The van der Waals surface area contributed by atoms with Gasteiger partial charge in [0.25, 0.3) is 0 Å². The van der Waals surface area contributed by atoms with E-state index in [1.807, 2.05) is 0 Å². The Bertz CT molecular complexity index is 976. The summed E-state index contributed by atoms with van der Waals surface area (Å²) in [5, 5.41) is 10.5. The maximum atomic E-state index is 12.9. The second-order valence-corrected chi connectivity index (χ2v) is 5.14. The van der Waals surface area contributed by atoms with Crippen molar-refractivity contribution in [1.29, 1.82) is 0 Å². The van der Waals surface area contributed by atoms with E-state index in [-0.39, 0.29) is 17.3 Å². The highest BCUT2D eigenvalue weighted by atomic mass is 19.1. The van der Waals surface area contributed by atoms with Crippen LogP contribution in [-0.2, 0) is 0 Å².